The minimum Gasteiger partial charge on any atom is -0.383 e. The van der Waals surface area contributed by atoms with Crippen LogP contribution in [0.3, 0.4) is 0 Å². The summed E-state index contributed by atoms with van der Waals surface area (Å²) in [5.41, 5.74) is 0. The predicted octanol–water partition coefficient (Wildman–Crippen LogP) is 1.53. The highest BCUT2D eigenvalue weighted by Gasteiger charge is 2.21. The third-order valence-electron chi connectivity index (χ3n) is 2.31. The van der Waals surface area contributed by atoms with Crippen LogP contribution in [0.15, 0.2) is 29.2 Å². The van der Waals surface area contributed by atoms with Crippen LogP contribution in [-0.4, -0.2) is 28.2 Å². The summed E-state index contributed by atoms with van der Waals surface area (Å²) in [5, 5.41) is 0. The lowest BCUT2D eigenvalue weighted by Gasteiger charge is -2.16. The topological polar surface area (TPSA) is 55.4 Å². The van der Waals surface area contributed by atoms with Crippen LogP contribution in [0, 0.1) is 5.82 Å². The molecule has 0 aliphatic heterocycles. The number of ether oxygens (including phenoxy) is 1. The molecule has 6 heteroatoms. The predicted molar refractivity (Wildman–Crippen MR) is 62.7 cm³/mol. The first-order chi connectivity index (χ1) is 8.01. The Kier molecular flexibility index (Phi) is 5.04. The smallest absolute Gasteiger partial charge is 0.243 e. The number of halogens is 1. The average Bonchev–Trinajstić information content (AvgIpc) is 2.28. The van der Waals surface area contributed by atoms with Gasteiger partial charge in [-0.15, -0.1) is 0 Å². The number of methoxy groups -OCH3 is 1. The third-order valence-corrected chi connectivity index (χ3v) is 3.86. The first-order valence-electron chi connectivity index (χ1n) is 5.27. The second kappa shape index (κ2) is 6.09. The van der Waals surface area contributed by atoms with Gasteiger partial charge in [-0.05, 0) is 18.6 Å². The number of sulfonamides is 1. The summed E-state index contributed by atoms with van der Waals surface area (Å²) in [6.45, 7) is 2.08. The van der Waals surface area contributed by atoms with Crippen molar-refractivity contribution in [3.63, 3.8) is 0 Å². The molecule has 0 amide bonds. The summed E-state index contributed by atoms with van der Waals surface area (Å²) in [7, 11) is -2.34. The van der Waals surface area contributed by atoms with Gasteiger partial charge in [0.2, 0.25) is 10.0 Å². The summed E-state index contributed by atoms with van der Waals surface area (Å²) >= 11 is 0. The van der Waals surface area contributed by atoms with Gasteiger partial charge in [0.25, 0.3) is 0 Å². The van der Waals surface area contributed by atoms with Crippen LogP contribution in [0.4, 0.5) is 4.39 Å². The van der Waals surface area contributed by atoms with Gasteiger partial charge in [0.1, 0.15) is 10.7 Å². The maximum Gasteiger partial charge on any atom is 0.243 e. The molecule has 4 nitrogen and oxygen atoms in total. The van der Waals surface area contributed by atoms with Gasteiger partial charge in [0.15, 0.2) is 0 Å². The Morgan fingerprint density at radius 2 is 2.06 bits per heavy atom. The highest BCUT2D eigenvalue weighted by molar-refractivity contribution is 7.89. The Morgan fingerprint density at radius 1 is 1.41 bits per heavy atom. The molecule has 1 aromatic rings. The van der Waals surface area contributed by atoms with Crippen LogP contribution in [0.2, 0.25) is 0 Å². The van der Waals surface area contributed by atoms with Crippen LogP contribution in [-0.2, 0) is 14.8 Å². The van der Waals surface area contributed by atoms with Gasteiger partial charge >= 0.3 is 0 Å². The lowest BCUT2D eigenvalue weighted by atomic mass is 10.3. The van der Waals surface area contributed by atoms with Gasteiger partial charge in [-0.3, -0.25) is 0 Å². The Balaban J connectivity index is 2.92. The Hall–Kier alpha value is -0.980. The van der Waals surface area contributed by atoms with E-state index in [1.165, 1.54) is 25.3 Å². The van der Waals surface area contributed by atoms with E-state index in [1.54, 1.807) is 0 Å². The second-order valence-electron chi connectivity index (χ2n) is 3.61. The van der Waals surface area contributed by atoms with Gasteiger partial charge < -0.3 is 4.74 Å². The molecule has 1 unspecified atom stereocenters. The molecule has 0 saturated heterocycles. The number of benzene rings is 1. The average molecular weight is 261 g/mol. The number of nitrogens with one attached hydrogen (secondary N) is 1. The van der Waals surface area contributed by atoms with Gasteiger partial charge in [-0.2, -0.15) is 0 Å². The molecule has 0 radical (unpaired) electrons. The molecule has 96 valence electrons. The van der Waals surface area contributed by atoms with E-state index in [0.29, 0.717) is 6.42 Å². The molecular weight excluding hydrogens is 245 g/mol. The number of rotatable bonds is 6. The van der Waals surface area contributed by atoms with Crippen LogP contribution < -0.4 is 4.72 Å². The lowest BCUT2D eigenvalue weighted by molar-refractivity contribution is 0.173. The van der Waals surface area contributed by atoms with Crippen LogP contribution in [0.5, 0.6) is 0 Å². The maximum atomic E-state index is 13.4. The summed E-state index contributed by atoms with van der Waals surface area (Å²) < 4.78 is 44.5. The number of hydrogen-bond acceptors (Lipinski definition) is 3. The fourth-order valence-electron chi connectivity index (χ4n) is 1.38. The zero-order valence-electron chi connectivity index (χ0n) is 9.81. The zero-order chi connectivity index (χ0) is 12.9. The van der Waals surface area contributed by atoms with Crippen molar-refractivity contribution in [1.82, 2.24) is 4.72 Å². The van der Waals surface area contributed by atoms with Gasteiger partial charge in [-0.25, -0.2) is 17.5 Å². The van der Waals surface area contributed by atoms with E-state index in [4.69, 9.17) is 4.74 Å². The quantitative estimate of drug-likeness (QED) is 0.845. The van der Waals surface area contributed by atoms with Crippen molar-refractivity contribution in [3.8, 4) is 0 Å². The summed E-state index contributed by atoms with van der Waals surface area (Å²) in [4.78, 5) is -0.338. The SMILES string of the molecule is CCC(COC)NS(=O)(=O)c1ccccc1F. The van der Waals surface area contributed by atoms with E-state index < -0.39 is 15.8 Å². The third kappa shape index (κ3) is 3.76. The molecule has 1 N–H and O–H groups in total. The first kappa shape index (κ1) is 14.1. The van der Waals surface area contributed by atoms with E-state index in [9.17, 15) is 12.8 Å². The standard InChI is InChI=1S/C11H16FNO3S/c1-3-9(8-16-2)13-17(14,15)11-7-5-4-6-10(11)12/h4-7,9,13H,3,8H2,1-2H3. The van der Waals surface area contributed by atoms with Gasteiger partial charge in [-0.1, -0.05) is 19.1 Å². The largest absolute Gasteiger partial charge is 0.383 e. The molecular formula is C11H16FNO3S. The molecule has 17 heavy (non-hydrogen) atoms. The van der Waals surface area contributed by atoms with Gasteiger partial charge in [0.05, 0.1) is 6.61 Å². The molecule has 0 spiro atoms. The molecule has 0 aromatic heterocycles. The van der Waals surface area contributed by atoms with Gasteiger partial charge in [0, 0.05) is 13.2 Å². The maximum absolute atomic E-state index is 13.4. The lowest BCUT2D eigenvalue weighted by Crippen LogP contribution is -2.37. The molecule has 0 fully saturated rings. The molecule has 1 rings (SSSR count). The highest BCUT2D eigenvalue weighted by atomic mass is 32.2. The summed E-state index contributed by atoms with van der Waals surface area (Å²) in [6, 6.07) is 4.92. The van der Waals surface area contributed by atoms with Crippen molar-refractivity contribution < 1.29 is 17.5 Å². The first-order valence-corrected chi connectivity index (χ1v) is 6.75. The van der Waals surface area contributed by atoms with E-state index in [-0.39, 0.29) is 17.5 Å². The minimum absolute atomic E-state index is 0.254. The fourth-order valence-corrected chi connectivity index (χ4v) is 2.76. The molecule has 0 aliphatic carbocycles. The van der Waals surface area contributed by atoms with Crippen LogP contribution in [0.25, 0.3) is 0 Å². The van der Waals surface area contributed by atoms with E-state index >= 15 is 0 Å². The fraction of sp³-hybridized carbons (Fsp3) is 0.455. The highest BCUT2D eigenvalue weighted by Crippen LogP contribution is 2.14. The second-order valence-corrected chi connectivity index (χ2v) is 5.29. The molecule has 1 atom stereocenters. The van der Waals surface area contributed by atoms with E-state index in [1.807, 2.05) is 6.92 Å². The van der Waals surface area contributed by atoms with Crippen molar-refractivity contribution in [3.05, 3.63) is 30.1 Å². The Morgan fingerprint density at radius 3 is 2.59 bits per heavy atom. The Labute approximate surface area is 101 Å². The summed E-state index contributed by atoms with van der Waals surface area (Å²) in [6.07, 6.45) is 0.571. The molecule has 0 saturated carbocycles. The van der Waals surface area contributed by atoms with Crippen molar-refractivity contribution in [2.75, 3.05) is 13.7 Å². The zero-order valence-corrected chi connectivity index (χ0v) is 10.6. The van der Waals surface area contributed by atoms with Crippen molar-refractivity contribution in [2.45, 2.75) is 24.3 Å². The van der Waals surface area contributed by atoms with Crippen molar-refractivity contribution in [2.24, 2.45) is 0 Å². The molecule has 1 aromatic carbocycles. The van der Waals surface area contributed by atoms with E-state index in [0.717, 1.165) is 6.07 Å². The normalized spacial score (nSPS) is 13.6. The molecule has 0 aliphatic rings. The number of hydrogen-bond donors (Lipinski definition) is 1. The molecule has 0 heterocycles. The summed E-state index contributed by atoms with van der Waals surface area (Å²) in [5.74, 6) is -0.757. The van der Waals surface area contributed by atoms with E-state index in [2.05, 4.69) is 4.72 Å². The monoisotopic (exact) mass is 261 g/mol. The van der Waals surface area contributed by atoms with Crippen molar-refractivity contribution in [1.29, 1.82) is 0 Å². The van der Waals surface area contributed by atoms with Crippen molar-refractivity contribution >= 4 is 10.0 Å². The van der Waals surface area contributed by atoms with Crippen LogP contribution >= 0.6 is 0 Å². The van der Waals surface area contributed by atoms with Crippen LogP contribution in [0.1, 0.15) is 13.3 Å². The Bertz CT molecular complexity index is 462. The molecule has 0 bridgehead atoms. The minimum atomic E-state index is -3.83.